The summed E-state index contributed by atoms with van der Waals surface area (Å²) >= 11 is 0. The minimum absolute atomic E-state index is 0.0167. The molecule has 0 unspecified atom stereocenters. The highest BCUT2D eigenvalue weighted by Gasteiger charge is 2.24. The molecule has 108 valence electrons. The van der Waals surface area contributed by atoms with Crippen molar-refractivity contribution in [2.24, 2.45) is 5.73 Å². The molecule has 0 aromatic heterocycles. The highest BCUT2D eigenvalue weighted by Crippen LogP contribution is 2.24. The van der Waals surface area contributed by atoms with Crippen molar-refractivity contribution in [1.29, 1.82) is 0 Å². The van der Waals surface area contributed by atoms with Crippen LogP contribution in [0.4, 0.5) is 0 Å². The SMILES string of the molecule is CC(=O)N[C@@H](CCC(N)=O)C(=O)c1cc(O)ccc1O. The molecule has 7 heteroatoms. The van der Waals surface area contributed by atoms with E-state index in [0.29, 0.717) is 0 Å². The first kappa shape index (κ1) is 15.5. The van der Waals surface area contributed by atoms with E-state index in [1.807, 2.05) is 0 Å². The van der Waals surface area contributed by atoms with Crippen LogP contribution in [-0.4, -0.2) is 33.9 Å². The van der Waals surface area contributed by atoms with Crippen molar-refractivity contribution < 1.29 is 24.6 Å². The lowest BCUT2D eigenvalue weighted by Crippen LogP contribution is -2.40. The molecule has 7 nitrogen and oxygen atoms in total. The summed E-state index contributed by atoms with van der Waals surface area (Å²) in [6.45, 7) is 1.23. The Balaban J connectivity index is 2.99. The normalized spacial score (nSPS) is 11.7. The molecule has 0 spiro atoms. The Labute approximate surface area is 115 Å². The maximum Gasteiger partial charge on any atom is 0.217 e. The number of carbonyl (C=O) groups excluding carboxylic acids is 3. The number of ketones is 1. The molecule has 0 radical (unpaired) electrons. The quantitative estimate of drug-likeness (QED) is 0.432. The summed E-state index contributed by atoms with van der Waals surface area (Å²) in [6, 6.07) is 2.49. The Bertz CT molecular complexity index is 542. The molecular formula is C13H16N2O5. The lowest BCUT2D eigenvalue weighted by atomic mass is 9.99. The van der Waals surface area contributed by atoms with Gasteiger partial charge in [-0.3, -0.25) is 14.4 Å². The van der Waals surface area contributed by atoms with E-state index in [0.717, 1.165) is 6.07 Å². The second-order valence-electron chi connectivity index (χ2n) is 4.32. The second kappa shape index (κ2) is 6.55. The van der Waals surface area contributed by atoms with Crippen molar-refractivity contribution in [1.82, 2.24) is 5.32 Å². The topological polar surface area (TPSA) is 130 Å². The summed E-state index contributed by atoms with van der Waals surface area (Å²) in [7, 11) is 0. The fraction of sp³-hybridized carbons (Fsp3) is 0.308. The highest BCUT2D eigenvalue weighted by molar-refractivity contribution is 6.04. The van der Waals surface area contributed by atoms with Gasteiger partial charge in [-0.25, -0.2) is 0 Å². The van der Waals surface area contributed by atoms with Crippen LogP contribution in [0, 0.1) is 0 Å². The number of Topliss-reactive ketones (excluding diaryl/α,β-unsaturated/α-hetero) is 1. The van der Waals surface area contributed by atoms with Crippen LogP contribution in [0.25, 0.3) is 0 Å². The van der Waals surface area contributed by atoms with Crippen LogP contribution in [0.2, 0.25) is 0 Å². The number of amides is 2. The van der Waals surface area contributed by atoms with Gasteiger partial charge in [-0.15, -0.1) is 0 Å². The smallest absolute Gasteiger partial charge is 0.217 e. The summed E-state index contributed by atoms with van der Waals surface area (Å²) in [5.41, 5.74) is 4.88. The van der Waals surface area contributed by atoms with Gasteiger partial charge >= 0.3 is 0 Å². The lowest BCUT2D eigenvalue weighted by molar-refractivity contribution is -0.120. The van der Waals surface area contributed by atoms with Crippen molar-refractivity contribution in [2.45, 2.75) is 25.8 Å². The van der Waals surface area contributed by atoms with Crippen LogP contribution in [0.1, 0.15) is 30.1 Å². The fourth-order valence-corrected chi connectivity index (χ4v) is 1.71. The Hall–Kier alpha value is -2.57. The molecule has 0 heterocycles. The summed E-state index contributed by atoms with van der Waals surface area (Å²) in [6.07, 6.45) is -0.0703. The molecule has 5 N–H and O–H groups in total. The lowest BCUT2D eigenvalue weighted by Gasteiger charge is -2.16. The molecule has 0 saturated carbocycles. The number of nitrogens with two attached hydrogens (primary N) is 1. The van der Waals surface area contributed by atoms with Crippen LogP contribution in [0.3, 0.4) is 0 Å². The third-order valence-corrected chi connectivity index (χ3v) is 2.62. The monoisotopic (exact) mass is 280 g/mol. The molecular weight excluding hydrogens is 264 g/mol. The van der Waals surface area contributed by atoms with E-state index < -0.39 is 23.6 Å². The average Bonchev–Trinajstić information content (AvgIpc) is 2.36. The molecule has 1 rings (SSSR count). The molecule has 0 aliphatic heterocycles. The predicted octanol–water partition coefficient (Wildman–Crippen LogP) is 0.0507. The number of aromatic hydroxyl groups is 2. The van der Waals surface area contributed by atoms with E-state index in [1.165, 1.54) is 19.1 Å². The zero-order valence-corrected chi connectivity index (χ0v) is 10.9. The number of rotatable bonds is 6. The Kier molecular flexibility index (Phi) is 5.08. The zero-order chi connectivity index (χ0) is 15.3. The number of hydrogen-bond donors (Lipinski definition) is 4. The summed E-state index contributed by atoms with van der Waals surface area (Å²) in [5.74, 6) is -2.17. The largest absolute Gasteiger partial charge is 0.508 e. The predicted molar refractivity (Wildman–Crippen MR) is 70.1 cm³/mol. The van der Waals surface area contributed by atoms with E-state index in [9.17, 15) is 24.6 Å². The van der Waals surface area contributed by atoms with E-state index in [2.05, 4.69) is 5.32 Å². The van der Waals surface area contributed by atoms with Gasteiger partial charge in [0.25, 0.3) is 0 Å². The van der Waals surface area contributed by atoms with Gasteiger partial charge in [-0.2, -0.15) is 0 Å². The third kappa shape index (κ3) is 4.27. The molecule has 0 aliphatic rings. The number of phenols is 2. The minimum atomic E-state index is -0.993. The van der Waals surface area contributed by atoms with Gasteiger partial charge in [0.2, 0.25) is 11.8 Å². The Morgan fingerprint density at radius 1 is 1.30 bits per heavy atom. The van der Waals surface area contributed by atoms with Crippen LogP contribution < -0.4 is 11.1 Å². The van der Waals surface area contributed by atoms with Gasteiger partial charge in [0.05, 0.1) is 11.6 Å². The van der Waals surface area contributed by atoms with Crippen LogP contribution >= 0.6 is 0 Å². The molecule has 0 saturated heterocycles. The maximum absolute atomic E-state index is 12.2. The van der Waals surface area contributed by atoms with Gasteiger partial charge in [-0.05, 0) is 24.6 Å². The van der Waals surface area contributed by atoms with Crippen molar-refractivity contribution in [3.8, 4) is 11.5 Å². The van der Waals surface area contributed by atoms with Crippen molar-refractivity contribution in [3.63, 3.8) is 0 Å². The molecule has 1 atom stereocenters. The first-order valence-electron chi connectivity index (χ1n) is 5.93. The molecule has 0 aliphatic carbocycles. The number of nitrogens with one attached hydrogen (secondary N) is 1. The zero-order valence-electron chi connectivity index (χ0n) is 10.9. The number of phenolic OH excluding ortho intramolecular Hbond substituents is 2. The number of carbonyl (C=O) groups is 3. The van der Waals surface area contributed by atoms with E-state index in [4.69, 9.17) is 5.73 Å². The van der Waals surface area contributed by atoms with Gasteiger partial charge in [-0.1, -0.05) is 0 Å². The first-order chi connectivity index (χ1) is 9.31. The molecule has 1 aromatic carbocycles. The summed E-state index contributed by atoms with van der Waals surface area (Å²) in [4.78, 5) is 34.1. The fourth-order valence-electron chi connectivity index (χ4n) is 1.71. The molecule has 1 aromatic rings. The number of benzene rings is 1. The van der Waals surface area contributed by atoms with E-state index in [-0.39, 0.29) is 29.9 Å². The average molecular weight is 280 g/mol. The minimum Gasteiger partial charge on any atom is -0.508 e. The van der Waals surface area contributed by atoms with Crippen molar-refractivity contribution in [3.05, 3.63) is 23.8 Å². The van der Waals surface area contributed by atoms with E-state index >= 15 is 0 Å². The Morgan fingerprint density at radius 2 is 1.95 bits per heavy atom. The standard InChI is InChI=1S/C13H16N2O5/c1-7(16)15-10(3-5-12(14)19)13(20)9-6-8(17)2-4-11(9)18/h2,4,6,10,17-18H,3,5H2,1H3,(H2,14,19)(H,15,16)/t10-/m0/s1. The molecule has 20 heavy (non-hydrogen) atoms. The molecule has 0 fully saturated rings. The number of hydrogen-bond acceptors (Lipinski definition) is 5. The summed E-state index contributed by atoms with van der Waals surface area (Å²) in [5, 5.41) is 21.4. The van der Waals surface area contributed by atoms with Crippen molar-refractivity contribution in [2.75, 3.05) is 0 Å². The van der Waals surface area contributed by atoms with Gasteiger partial charge in [0, 0.05) is 13.3 Å². The van der Waals surface area contributed by atoms with Gasteiger partial charge < -0.3 is 21.3 Å². The number of primary amides is 1. The third-order valence-electron chi connectivity index (χ3n) is 2.62. The van der Waals surface area contributed by atoms with Gasteiger partial charge in [0.1, 0.15) is 11.5 Å². The van der Waals surface area contributed by atoms with E-state index in [1.54, 1.807) is 0 Å². The van der Waals surface area contributed by atoms with Crippen LogP contribution in [0.5, 0.6) is 11.5 Å². The molecule has 2 amide bonds. The maximum atomic E-state index is 12.2. The van der Waals surface area contributed by atoms with Crippen LogP contribution in [-0.2, 0) is 9.59 Å². The highest BCUT2D eigenvalue weighted by atomic mass is 16.3. The second-order valence-corrected chi connectivity index (χ2v) is 4.32. The first-order valence-corrected chi connectivity index (χ1v) is 5.93. The Morgan fingerprint density at radius 3 is 2.50 bits per heavy atom. The molecule has 0 bridgehead atoms. The summed E-state index contributed by atoms with van der Waals surface area (Å²) < 4.78 is 0. The van der Waals surface area contributed by atoms with Gasteiger partial charge in [0.15, 0.2) is 5.78 Å². The van der Waals surface area contributed by atoms with Crippen molar-refractivity contribution >= 4 is 17.6 Å². The van der Waals surface area contributed by atoms with Crippen LogP contribution in [0.15, 0.2) is 18.2 Å².